The van der Waals surface area contributed by atoms with Crippen LogP contribution in [0.25, 0.3) is 0 Å². The van der Waals surface area contributed by atoms with Crippen LogP contribution in [0, 0.1) is 5.92 Å². The summed E-state index contributed by atoms with van der Waals surface area (Å²) >= 11 is 0. The maximum absolute atomic E-state index is 13.4. The van der Waals surface area contributed by atoms with E-state index in [0.29, 0.717) is 5.69 Å². The first-order valence-electron chi connectivity index (χ1n) is 9.75. The van der Waals surface area contributed by atoms with Crippen LogP contribution < -0.4 is 4.90 Å². The molecule has 0 aliphatic carbocycles. The molecule has 0 aromatic heterocycles. The molecule has 0 saturated carbocycles. The molecule has 0 radical (unpaired) electrons. The van der Waals surface area contributed by atoms with Crippen molar-refractivity contribution in [1.82, 2.24) is 10.0 Å². The van der Waals surface area contributed by atoms with Crippen LogP contribution in [-0.4, -0.2) is 41.0 Å². The van der Waals surface area contributed by atoms with Gasteiger partial charge in [-0.15, -0.1) is 0 Å². The van der Waals surface area contributed by atoms with Gasteiger partial charge in [-0.25, -0.2) is 14.9 Å². The lowest BCUT2D eigenvalue weighted by atomic mass is 9.90. The number of fused-ring (bicyclic) bond motifs is 3. The minimum absolute atomic E-state index is 0.0601. The highest BCUT2D eigenvalue weighted by Gasteiger charge is 2.62. The molecule has 0 unspecified atom stereocenters. The average Bonchev–Trinajstić information content (AvgIpc) is 3.35. The van der Waals surface area contributed by atoms with Gasteiger partial charge in [-0.3, -0.25) is 9.59 Å². The monoisotopic (exact) mass is 361 g/mol. The van der Waals surface area contributed by atoms with E-state index >= 15 is 0 Å². The fourth-order valence-corrected chi connectivity index (χ4v) is 4.90. The van der Waals surface area contributed by atoms with E-state index < -0.39 is 0 Å². The van der Waals surface area contributed by atoms with Gasteiger partial charge in [0.05, 0.1) is 17.6 Å². The molecule has 2 aromatic rings. The topological polar surface area (TPSA) is 43.9 Å². The molecule has 5 rings (SSSR count). The normalized spacial score (nSPS) is 28.0. The van der Waals surface area contributed by atoms with Gasteiger partial charge in [-0.2, -0.15) is 0 Å². The lowest BCUT2D eigenvalue weighted by Crippen LogP contribution is -2.44. The van der Waals surface area contributed by atoms with Crippen LogP contribution >= 0.6 is 0 Å². The molecular weight excluding hydrogens is 338 g/mol. The van der Waals surface area contributed by atoms with E-state index in [2.05, 4.69) is 29.1 Å². The Morgan fingerprint density at radius 2 is 1.52 bits per heavy atom. The molecular formula is C22H23N3O2. The standard InChI is InChI=1S/C22H23N3O2/c1-2-15-9-11-17(12-10-15)25-21(26)18-19(16-7-4-3-5-8-16)23-13-6-14-24(23)20(18)22(25)27/h3-5,7-12,18-20H,2,6,13-14H2,1H3/t18-,19+,20+/m1/s1. The van der Waals surface area contributed by atoms with Crippen molar-refractivity contribution in [2.45, 2.75) is 31.8 Å². The van der Waals surface area contributed by atoms with E-state index in [1.807, 2.05) is 42.5 Å². The second-order valence-electron chi connectivity index (χ2n) is 7.54. The number of aryl methyl sites for hydroxylation is 1. The molecule has 3 aliphatic heterocycles. The first kappa shape index (κ1) is 16.7. The summed E-state index contributed by atoms with van der Waals surface area (Å²) in [6.07, 6.45) is 1.96. The minimum atomic E-state index is -0.379. The summed E-state index contributed by atoms with van der Waals surface area (Å²) in [5.74, 6) is -0.497. The van der Waals surface area contributed by atoms with Gasteiger partial charge in [0, 0.05) is 13.1 Å². The number of imide groups is 1. The summed E-state index contributed by atoms with van der Waals surface area (Å²) in [5.41, 5.74) is 3.00. The van der Waals surface area contributed by atoms with E-state index in [0.717, 1.165) is 31.5 Å². The van der Waals surface area contributed by atoms with Gasteiger partial charge in [-0.1, -0.05) is 49.4 Å². The third-order valence-corrected chi connectivity index (χ3v) is 6.15. The predicted molar refractivity (Wildman–Crippen MR) is 103 cm³/mol. The zero-order valence-corrected chi connectivity index (χ0v) is 15.4. The summed E-state index contributed by atoms with van der Waals surface area (Å²) in [6.45, 7) is 3.84. The number of carbonyl (C=O) groups excluding carboxylic acids is 2. The summed E-state index contributed by atoms with van der Waals surface area (Å²) < 4.78 is 0. The molecule has 3 fully saturated rings. The second kappa shape index (κ2) is 6.29. The molecule has 0 spiro atoms. The smallest absolute Gasteiger partial charge is 0.253 e. The zero-order chi connectivity index (χ0) is 18.5. The van der Waals surface area contributed by atoms with Crippen molar-refractivity contribution in [2.24, 2.45) is 5.92 Å². The molecule has 5 nitrogen and oxygen atoms in total. The SMILES string of the molecule is CCc1ccc(N2C(=O)[C@H]3[C@@H](C2=O)N2CCCN2[C@H]3c2ccccc2)cc1. The van der Waals surface area contributed by atoms with Crippen LogP contribution in [0.15, 0.2) is 54.6 Å². The molecule has 5 heteroatoms. The largest absolute Gasteiger partial charge is 0.274 e. The number of amides is 2. The average molecular weight is 361 g/mol. The van der Waals surface area contributed by atoms with Crippen LogP contribution in [0.1, 0.15) is 30.5 Å². The van der Waals surface area contributed by atoms with Crippen LogP contribution in [0.5, 0.6) is 0 Å². The third-order valence-electron chi connectivity index (χ3n) is 6.15. The molecule has 0 bridgehead atoms. The molecule has 2 aromatic carbocycles. The quantitative estimate of drug-likeness (QED) is 0.789. The predicted octanol–water partition coefficient (Wildman–Crippen LogP) is 2.78. The Bertz CT molecular complexity index is 880. The highest BCUT2D eigenvalue weighted by molar-refractivity contribution is 6.24. The van der Waals surface area contributed by atoms with Crippen molar-refractivity contribution >= 4 is 17.5 Å². The maximum Gasteiger partial charge on any atom is 0.253 e. The molecule has 0 N–H and O–H groups in total. The van der Waals surface area contributed by atoms with Crippen molar-refractivity contribution in [2.75, 3.05) is 18.0 Å². The van der Waals surface area contributed by atoms with Crippen LogP contribution in [0.2, 0.25) is 0 Å². The third kappa shape index (κ3) is 2.38. The number of nitrogens with zero attached hydrogens (tertiary/aromatic N) is 3. The Hall–Kier alpha value is -2.50. The highest BCUT2D eigenvalue weighted by atomic mass is 16.2. The number of carbonyl (C=O) groups is 2. The molecule has 27 heavy (non-hydrogen) atoms. The minimum Gasteiger partial charge on any atom is -0.274 e. The summed E-state index contributed by atoms with van der Waals surface area (Å²) in [6, 6.07) is 17.5. The number of hydrazine groups is 1. The highest BCUT2D eigenvalue weighted by Crippen LogP contribution is 2.48. The first-order valence-corrected chi connectivity index (χ1v) is 9.75. The van der Waals surface area contributed by atoms with Gasteiger partial charge in [0.2, 0.25) is 5.91 Å². The van der Waals surface area contributed by atoms with Crippen molar-refractivity contribution in [3.8, 4) is 0 Å². The van der Waals surface area contributed by atoms with E-state index in [1.165, 1.54) is 10.5 Å². The van der Waals surface area contributed by atoms with Gasteiger partial charge in [0.1, 0.15) is 6.04 Å². The Morgan fingerprint density at radius 1 is 0.852 bits per heavy atom. The number of hydrogen-bond donors (Lipinski definition) is 0. The Balaban J connectivity index is 1.55. The Labute approximate surface area is 159 Å². The zero-order valence-electron chi connectivity index (χ0n) is 15.4. The lowest BCUT2D eigenvalue weighted by molar-refractivity contribution is -0.126. The van der Waals surface area contributed by atoms with E-state index in [9.17, 15) is 9.59 Å². The maximum atomic E-state index is 13.4. The van der Waals surface area contributed by atoms with Crippen molar-refractivity contribution in [3.63, 3.8) is 0 Å². The van der Waals surface area contributed by atoms with Gasteiger partial charge in [0.25, 0.3) is 5.91 Å². The number of hydrogen-bond acceptors (Lipinski definition) is 4. The lowest BCUT2D eigenvalue weighted by Gasteiger charge is -2.29. The van der Waals surface area contributed by atoms with Crippen LogP contribution in [0.4, 0.5) is 5.69 Å². The van der Waals surface area contributed by atoms with Gasteiger partial charge >= 0.3 is 0 Å². The number of benzene rings is 2. The second-order valence-corrected chi connectivity index (χ2v) is 7.54. The van der Waals surface area contributed by atoms with E-state index in [-0.39, 0.29) is 29.8 Å². The molecule has 3 aliphatic rings. The summed E-state index contributed by atoms with van der Waals surface area (Å²) in [7, 11) is 0. The Morgan fingerprint density at radius 3 is 2.19 bits per heavy atom. The van der Waals surface area contributed by atoms with Gasteiger partial charge in [-0.05, 0) is 36.1 Å². The van der Waals surface area contributed by atoms with Crippen LogP contribution in [-0.2, 0) is 16.0 Å². The molecule has 3 saturated heterocycles. The Kier molecular flexibility index (Phi) is 3.88. The number of rotatable bonds is 3. The molecule has 2 amide bonds. The van der Waals surface area contributed by atoms with E-state index in [4.69, 9.17) is 0 Å². The van der Waals surface area contributed by atoms with Crippen molar-refractivity contribution < 1.29 is 9.59 Å². The number of anilines is 1. The van der Waals surface area contributed by atoms with Gasteiger partial charge < -0.3 is 0 Å². The molecule has 138 valence electrons. The first-order chi connectivity index (χ1) is 13.2. The summed E-state index contributed by atoms with van der Waals surface area (Å²) in [4.78, 5) is 28.1. The van der Waals surface area contributed by atoms with Crippen molar-refractivity contribution in [1.29, 1.82) is 0 Å². The van der Waals surface area contributed by atoms with Gasteiger partial charge in [0.15, 0.2) is 0 Å². The summed E-state index contributed by atoms with van der Waals surface area (Å²) in [5, 5.41) is 4.39. The molecule has 3 heterocycles. The van der Waals surface area contributed by atoms with Crippen molar-refractivity contribution in [3.05, 3.63) is 65.7 Å². The van der Waals surface area contributed by atoms with Crippen LogP contribution in [0.3, 0.4) is 0 Å². The molecule has 3 atom stereocenters. The van der Waals surface area contributed by atoms with E-state index in [1.54, 1.807) is 0 Å². The fourth-order valence-electron chi connectivity index (χ4n) is 4.90. The fraction of sp³-hybridized carbons (Fsp3) is 0.364.